The molecule has 1 aliphatic heterocycles. The fraction of sp³-hybridized carbons (Fsp3) is 0.909. The summed E-state index contributed by atoms with van der Waals surface area (Å²) in [7, 11) is 1.30. The normalized spacial score (nSPS) is 21.4. The molecular formula is C11H18F3NO4. The van der Waals surface area contributed by atoms with Crippen molar-refractivity contribution in [1.29, 1.82) is 0 Å². The lowest BCUT2D eigenvalue weighted by Crippen LogP contribution is -2.44. The summed E-state index contributed by atoms with van der Waals surface area (Å²) >= 11 is 0. The molecule has 1 fully saturated rings. The van der Waals surface area contributed by atoms with E-state index in [1.165, 1.54) is 7.11 Å². The maximum atomic E-state index is 11.9. The second-order valence-electron chi connectivity index (χ2n) is 4.24. The molecule has 0 bridgehead atoms. The van der Waals surface area contributed by atoms with Gasteiger partial charge in [-0.15, -0.1) is 0 Å². The summed E-state index contributed by atoms with van der Waals surface area (Å²) in [5, 5.41) is 0. The number of ether oxygens (including phenoxy) is 3. The van der Waals surface area contributed by atoms with E-state index < -0.39 is 12.8 Å². The number of alkyl halides is 3. The first-order chi connectivity index (χ1) is 8.90. The maximum Gasteiger partial charge on any atom is 0.411 e. The topological polar surface area (TPSA) is 48.0 Å². The van der Waals surface area contributed by atoms with E-state index in [1.807, 2.05) is 4.90 Å². The molecule has 0 aromatic carbocycles. The number of carbonyl (C=O) groups excluding carboxylic acids is 1. The van der Waals surface area contributed by atoms with Crippen LogP contribution >= 0.6 is 0 Å². The quantitative estimate of drug-likeness (QED) is 0.534. The molecule has 0 aliphatic carbocycles. The molecule has 0 aromatic heterocycles. The summed E-state index contributed by atoms with van der Waals surface area (Å²) < 4.78 is 50.0. The van der Waals surface area contributed by atoms with E-state index >= 15 is 0 Å². The Hall–Kier alpha value is -0.860. The molecule has 0 amide bonds. The first-order valence-electron chi connectivity index (χ1n) is 5.96. The van der Waals surface area contributed by atoms with Gasteiger partial charge in [-0.1, -0.05) is 0 Å². The molecule has 112 valence electrons. The van der Waals surface area contributed by atoms with Crippen molar-refractivity contribution in [2.45, 2.75) is 18.7 Å². The molecule has 1 saturated heterocycles. The molecule has 8 heteroatoms. The summed E-state index contributed by atoms with van der Waals surface area (Å²) in [6.45, 7) is 0.711. The Morgan fingerprint density at radius 2 is 2.21 bits per heavy atom. The van der Waals surface area contributed by atoms with E-state index in [0.717, 1.165) is 0 Å². The van der Waals surface area contributed by atoms with Gasteiger partial charge >= 0.3 is 12.1 Å². The Kier molecular flexibility index (Phi) is 6.53. The summed E-state index contributed by atoms with van der Waals surface area (Å²) in [5.74, 6) is -0.361. The molecule has 1 unspecified atom stereocenters. The summed E-state index contributed by atoms with van der Waals surface area (Å²) in [6.07, 6.45) is -4.42. The van der Waals surface area contributed by atoms with Crippen molar-refractivity contribution in [3.05, 3.63) is 0 Å². The van der Waals surface area contributed by atoms with E-state index in [0.29, 0.717) is 26.2 Å². The van der Waals surface area contributed by atoms with E-state index in [2.05, 4.69) is 9.47 Å². The van der Waals surface area contributed by atoms with Gasteiger partial charge in [0, 0.05) is 19.6 Å². The molecule has 1 rings (SSSR count). The predicted molar refractivity (Wildman–Crippen MR) is 59.7 cm³/mol. The van der Waals surface area contributed by atoms with Crippen LogP contribution in [0.3, 0.4) is 0 Å². The highest BCUT2D eigenvalue weighted by Gasteiger charge is 2.28. The van der Waals surface area contributed by atoms with Crippen LogP contribution in [0.2, 0.25) is 0 Å². The zero-order valence-electron chi connectivity index (χ0n) is 10.7. The molecule has 19 heavy (non-hydrogen) atoms. The third kappa shape index (κ3) is 7.34. The minimum atomic E-state index is -4.29. The van der Waals surface area contributed by atoms with E-state index in [-0.39, 0.29) is 25.1 Å². The lowest BCUT2D eigenvalue weighted by Gasteiger charge is -2.32. The van der Waals surface area contributed by atoms with Gasteiger partial charge in [0.05, 0.1) is 32.8 Å². The average Bonchev–Trinajstić information content (AvgIpc) is 2.34. The van der Waals surface area contributed by atoms with Crippen LogP contribution < -0.4 is 0 Å². The van der Waals surface area contributed by atoms with Crippen molar-refractivity contribution in [3.63, 3.8) is 0 Å². The second kappa shape index (κ2) is 7.66. The van der Waals surface area contributed by atoms with Gasteiger partial charge < -0.3 is 14.2 Å². The number of hydrogen-bond donors (Lipinski definition) is 0. The van der Waals surface area contributed by atoms with Crippen LogP contribution in [0.15, 0.2) is 0 Å². The summed E-state index contributed by atoms with van der Waals surface area (Å²) in [6, 6.07) is 0. The van der Waals surface area contributed by atoms with E-state index in [4.69, 9.17) is 4.74 Å². The van der Waals surface area contributed by atoms with Gasteiger partial charge in [-0.05, 0) is 0 Å². The highest BCUT2D eigenvalue weighted by molar-refractivity contribution is 5.69. The maximum absolute atomic E-state index is 11.9. The SMILES string of the molecule is COC(=O)CC1CN(CCOCC(F)(F)F)CCO1. The number of halogens is 3. The molecule has 1 heterocycles. The van der Waals surface area contributed by atoms with Gasteiger partial charge in [0.25, 0.3) is 0 Å². The highest BCUT2D eigenvalue weighted by Crippen LogP contribution is 2.14. The van der Waals surface area contributed by atoms with Crippen molar-refractivity contribution in [1.82, 2.24) is 4.90 Å². The van der Waals surface area contributed by atoms with Crippen molar-refractivity contribution in [2.75, 3.05) is 46.6 Å². The number of carbonyl (C=O) groups is 1. The zero-order valence-corrected chi connectivity index (χ0v) is 10.7. The molecule has 0 radical (unpaired) electrons. The monoisotopic (exact) mass is 285 g/mol. The predicted octanol–water partition coefficient (Wildman–Crippen LogP) is 0.829. The fourth-order valence-corrected chi connectivity index (χ4v) is 1.76. The molecule has 1 atom stereocenters. The van der Waals surface area contributed by atoms with Gasteiger partial charge in [-0.3, -0.25) is 9.69 Å². The summed E-state index contributed by atoms with van der Waals surface area (Å²) in [4.78, 5) is 13.0. The van der Waals surface area contributed by atoms with Crippen LogP contribution in [0.25, 0.3) is 0 Å². The Morgan fingerprint density at radius 3 is 2.84 bits per heavy atom. The van der Waals surface area contributed by atoms with E-state index in [1.54, 1.807) is 0 Å². The fourth-order valence-electron chi connectivity index (χ4n) is 1.76. The van der Waals surface area contributed by atoms with Gasteiger partial charge in [0.1, 0.15) is 6.61 Å². The molecule has 0 aromatic rings. The number of esters is 1. The lowest BCUT2D eigenvalue weighted by atomic mass is 10.2. The minimum absolute atomic E-state index is 0.00442. The molecule has 0 saturated carbocycles. The number of morpholine rings is 1. The summed E-state index contributed by atoms with van der Waals surface area (Å²) in [5.41, 5.74) is 0. The largest absolute Gasteiger partial charge is 0.469 e. The first-order valence-corrected chi connectivity index (χ1v) is 5.96. The Morgan fingerprint density at radius 1 is 1.47 bits per heavy atom. The highest BCUT2D eigenvalue weighted by atomic mass is 19.4. The van der Waals surface area contributed by atoms with Gasteiger partial charge in [-0.25, -0.2) is 0 Å². The average molecular weight is 285 g/mol. The second-order valence-corrected chi connectivity index (χ2v) is 4.24. The zero-order chi connectivity index (χ0) is 14.3. The molecule has 0 spiro atoms. The van der Waals surface area contributed by atoms with Crippen molar-refractivity contribution in [2.24, 2.45) is 0 Å². The Bertz CT molecular complexity index is 286. The first kappa shape index (κ1) is 16.2. The van der Waals surface area contributed by atoms with Gasteiger partial charge in [0.2, 0.25) is 0 Å². The third-order valence-electron chi connectivity index (χ3n) is 2.66. The van der Waals surface area contributed by atoms with Crippen LogP contribution in [0.1, 0.15) is 6.42 Å². The third-order valence-corrected chi connectivity index (χ3v) is 2.66. The van der Waals surface area contributed by atoms with Gasteiger partial charge in [-0.2, -0.15) is 13.2 Å². The molecule has 1 aliphatic rings. The van der Waals surface area contributed by atoms with Gasteiger partial charge in [0.15, 0.2) is 0 Å². The number of rotatable bonds is 6. The number of methoxy groups -OCH3 is 1. The van der Waals surface area contributed by atoms with Crippen molar-refractivity contribution < 1.29 is 32.2 Å². The Labute approximate surface area is 109 Å². The Balaban J connectivity index is 2.18. The molecular weight excluding hydrogens is 267 g/mol. The number of hydrogen-bond acceptors (Lipinski definition) is 5. The molecule has 5 nitrogen and oxygen atoms in total. The van der Waals surface area contributed by atoms with Crippen molar-refractivity contribution >= 4 is 5.97 Å². The minimum Gasteiger partial charge on any atom is -0.469 e. The van der Waals surface area contributed by atoms with Crippen molar-refractivity contribution in [3.8, 4) is 0 Å². The van der Waals surface area contributed by atoms with E-state index in [9.17, 15) is 18.0 Å². The number of nitrogens with zero attached hydrogens (tertiary/aromatic N) is 1. The van der Waals surface area contributed by atoms with Crippen LogP contribution in [-0.4, -0.2) is 69.7 Å². The lowest BCUT2D eigenvalue weighted by molar-refractivity contribution is -0.175. The van der Waals surface area contributed by atoms with Crippen LogP contribution in [-0.2, 0) is 19.0 Å². The smallest absolute Gasteiger partial charge is 0.411 e. The molecule has 0 N–H and O–H groups in total. The van der Waals surface area contributed by atoms with Crippen LogP contribution in [0, 0.1) is 0 Å². The van der Waals surface area contributed by atoms with Crippen LogP contribution in [0.4, 0.5) is 13.2 Å². The standard InChI is InChI=1S/C11H18F3NO4/c1-17-10(16)6-9-7-15(3-5-19-9)2-4-18-8-11(12,13)14/h9H,2-8H2,1H3. The van der Waals surface area contributed by atoms with Crippen LogP contribution in [0.5, 0.6) is 0 Å².